The first-order valence-corrected chi connectivity index (χ1v) is 22.3. The number of ether oxygens (including phenoxy) is 3. The normalized spacial score (nSPS) is 12.1. The van der Waals surface area contributed by atoms with Crippen LogP contribution in [0.2, 0.25) is 0 Å². The van der Waals surface area contributed by atoms with Crippen molar-refractivity contribution in [3.8, 4) is 0 Å². The molecule has 0 N–H and O–H groups in total. The van der Waals surface area contributed by atoms with E-state index in [9.17, 15) is 14.4 Å². The Labute approximate surface area is 322 Å². The van der Waals surface area contributed by atoms with E-state index in [1.54, 1.807) is 0 Å². The summed E-state index contributed by atoms with van der Waals surface area (Å²) in [5.41, 5.74) is 0. The number of allylic oxidation sites excluding steroid dienone is 4. The van der Waals surface area contributed by atoms with Gasteiger partial charge in [0, 0.05) is 19.3 Å². The highest BCUT2D eigenvalue weighted by molar-refractivity contribution is 5.71. The Morgan fingerprint density at radius 2 is 0.750 bits per heavy atom. The summed E-state index contributed by atoms with van der Waals surface area (Å²) in [6.45, 7) is 6.50. The molecule has 0 aliphatic rings. The number of carbonyl (C=O) groups is 3. The van der Waals surface area contributed by atoms with E-state index in [0.717, 1.165) is 83.5 Å². The largest absolute Gasteiger partial charge is 0.462 e. The molecular weight excluding hydrogens is 648 g/mol. The molecule has 1 atom stereocenters. The Morgan fingerprint density at radius 1 is 0.404 bits per heavy atom. The van der Waals surface area contributed by atoms with Crippen molar-refractivity contribution in [2.24, 2.45) is 0 Å². The lowest BCUT2D eigenvalue weighted by Crippen LogP contribution is -2.30. The molecule has 6 heteroatoms. The second-order valence-corrected chi connectivity index (χ2v) is 14.9. The molecule has 52 heavy (non-hydrogen) atoms. The molecule has 0 bridgehead atoms. The zero-order chi connectivity index (χ0) is 38.0. The molecule has 1 unspecified atom stereocenters. The van der Waals surface area contributed by atoms with Crippen LogP contribution in [0.1, 0.15) is 233 Å². The summed E-state index contributed by atoms with van der Waals surface area (Å²) in [5.74, 6) is -0.885. The number of hydrogen-bond acceptors (Lipinski definition) is 6. The molecule has 0 amide bonds. The zero-order valence-electron chi connectivity index (χ0n) is 34.6. The van der Waals surface area contributed by atoms with Crippen molar-refractivity contribution in [1.29, 1.82) is 0 Å². The Balaban J connectivity index is 4.37. The monoisotopic (exact) mass is 733 g/mol. The second-order valence-electron chi connectivity index (χ2n) is 14.9. The van der Waals surface area contributed by atoms with Gasteiger partial charge in [-0.3, -0.25) is 14.4 Å². The molecule has 0 fully saturated rings. The molecule has 0 spiro atoms. The maximum absolute atomic E-state index is 12.7. The van der Waals surface area contributed by atoms with Crippen LogP contribution in [0.5, 0.6) is 0 Å². The molecule has 0 radical (unpaired) electrons. The second kappa shape index (κ2) is 41.6. The van der Waals surface area contributed by atoms with Gasteiger partial charge in [-0.1, -0.05) is 193 Å². The third-order valence-corrected chi connectivity index (χ3v) is 9.72. The van der Waals surface area contributed by atoms with Gasteiger partial charge in [-0.2, -0.15) is 0 Å². The van der Waals surface area contributed by atoms with Crippen LogP contribution >= 0.6 is 0 Å². The first-order chi connectivity index (χ1) is 25.5. The third kappa shape index (κ3) is 39.1. The van der Waals surface area contributed by atoms with Crippen molar-refractivity contribution in [2.45, 2.75) is 239 Å². The van der Waals surface area contributed by atoms with Crippen LogP contribution in [-0.4, -0.2) is 37.2 Å². The minimum Gasteiger partial charge on any atom is -0.462 e. The summed E-state index contributed by atoms with van der Waals surface area (Å²) < 4.78 is 16.7. The Kier molecular flexibility index (Phi) is 40.0. The predicted molar refractivity (Wildman–Crippen MR) is 219 cm³/mol. The minimum atomic E-state index is -0.768. The van der Waals surface area contributed by atoms with Gasteiger partial charge in [0.2, 0.25) is 0 Å². The summed E-state index contributed by atoms with van der Waals surface area (Å²) >= 11 is 0. The summed E-state index contributed by atoms with van der Waals surface area (Å²) in [7, 11) is 0. The van der Waals surface area contributed by atoms with Crippen LogP contribution < -0.4 is 0 Å². The zero-order valence-corrected chi connectivity index (χ0v) is 34.6. The topological polar surface area (TPSA) is 78.9 Å². The summed E-state index contributed by atoms with van der Waals surface area (Å²) in [5, 5.41) is 0. The molecule has 0 aromatic heterocycles. The summed E-state index contributed by atoms with van der Waals surface area (Å²) in [4.78, 5) is 37.6. The van der Waals surface area contributed by atoms with Gasteiger partial charge in [-0.15, -0.1) is 0 Å². The molecule has 0 saturated carbocycles. The molecular formula is C46H84O6. The maximum Gasteiger partial charge on any atom is 0.306 e. The van der Waals surface area contributed by atoms with Crippen molar-refractivity contribution in [1.82, 2.24) is 0 Å². The van der Waals surface area contributed by atoms with Crippen molar-refractivity contribution < 1.29 is 28.6 Å². The van der Waals surface area contributed by atoms with Gasteiger partial charge in [-0.25, -0.2) is 0 Å². The van der Waals surface area contributed by atoms with Crippen LogP contribution in [0.3, 0.4) is 0 Å². The molecule has 6 nitrogen and oxygen atoms in total. The quantitative estimate of drug-likeness (QED) is 0.0270. The van der Waals surface area contributed by atoms with Gasteiger partial charge in [0.1, 0.15) is 13.2 Å². The summed E-state index contributed by atoms with van der Waals surface area (Å²) in [6.07, 6.45) is 44.4. The average Bonchev–Trinajstić information content (AvgIpc) is 3.14. The first-order valence-electron chi connectivity index (χ1n) is 22.3. The highest BCUT2D eigenvalue weighted by atomic mass is 16.6. The standard InChI is InChI=1S/C46H84O6/c1-4-7-10-13-16-19-22-24-27-30-33-36-39-45(48)51-42-43(41-50-44(47)38-35-32-29-26-21-18-15-12-9-6-3)52-46(49)40-37-34-31-28-25-23-20-17-14-11-8-5-2/h7,10,16,19,43H,4-6,8-9,11-15,17-18,20-42H2,1-3H3/b10-7-,19-16-. The lowest BCUT2D eigenvalue weighted by Gasteiger charge is -2.18. The Bertz CT molecular complexity index is 850. The van der Waals surface area contributed by atoms with Gasteiger partial charge < -0.3 is 14.2 Å². The number of rotatable bonds is 40. The Hall–Kier alpha value is -2.11. The highest BCUT2D eigenvalue weighted by Crippen LogP contribution is 2.15. The van der Waals surface area contributed by atoms with Crippen LogP contribution in [0, 0.1) is 0 Å². The molecule has 304 valence electrons. The van der Waals surface area contributed by atoms with E-state index in [2.05, 4.69) is 45.1 Å². The van der Waals surface area contributed by atoms with Crippen LogP contribution in [0.25, 0.3) is 0 Å². The lowest BCUT2D eigenvalue weighted by atomic mass is 10.0. The number of unbranched alkanes of at least 4 members (excludes halogenated alkanes) is 25. The summed E-state index contributed by atoms with van der Waals surface area (Å²) in [6, 6.07) is 0. The van der Waals surface area contributed by atoms with Gasteiger partial charge in [0.25, 0.3) is 0 Å². The first kappa shape index (κ1) is 49.9. The van der Waals surface area contributed by atoms with Gasteiger partial charge in [0.05, 0.1) is 0 Å². The lowest BCUT2D eigenvalue weighted by molar-refractivity contribution is -0.167. The average molecular weight is 733 g/mol. The van der Waals surface area contributed by atoms with Crippen LogP contribution in [0.15, 0.2) is 24.3 Å². The van der Waals surface area contributed by atoms with Crippen LogP contribution in [0.4, 0.5) is 0 Å². The van der Waals surface area contributed by atoms with Crippen molar-refractivity contribution in [3.63, 3.8) is 0 Å². The molecule has 0 aromatic carbocycles. The fourth-order valence-corrected chi connectivity index (χ4v) is 6.36. The van der Waals surface area contributed by atoms with E-state index in [-0.39, 0.29) is 31.1 Å². The van der Waals surface area contributed by atoms with Gasteiger partial charge in [0.15, 0.2) is 6.10 Å². The number of carbonyl (C=O) groups excluding carboxylic acids is 3. The fourth-order valence-electron chi connectivity index (χ4n) is 6.36. The van der Waals surface area contributed by atoms with E-state index in [1.807, 2.05) is 0 Å². The van der Waals surface area contributed by atoms with Gasteiger partial charge >= 0.3 is 17.9 Å². The molecule has 0 aromatic rings. The SMILES string of the molecule is CC/C=C\C/C=C\CCCCCCCC(=O)OCC(COC(=O)CCCCCCCCCCCC)OC(=O)CCCCCCCCCCCCCC. The molecule has 0 saturated heterocycles. The predicted octanol–water partition coefficient (Wildman–Crippen LogP) is 14.0. The van der Waals surface area contributed by atoms with E-state index in [1.165, 1.54) is 109 Å². The molecule has 0 rings (SSSR count). The van der Waals surface area contributed by atoms with Crippen LogP contribution in [-0.2, 0) is 28.6 Å². The number of esters is 3. The minimum absolute atomic E-state index is 0.0720. The Morgan fingerprint density at radius 3 is 1.15 bits per heavy atom. The number of hydrogen-bond donors (Lipinski definition) is 0. The molecule has 0 aliphatic heterocycles. The smallest absolute Gasteiger partial charge is 0.306 e. The van der Waals surface area contributed by atoms with Crippen molar-refractivity contribution in [3.05, 3.63) is 24.3 Å². The molecule has 0 heterocycles. The van der Waals surface area contributed by atoms with E-state index in [0.29, 0.717) is 19.3 Å². The van der Waals surface area contributed by atoms with Crippen molar-refractivity contribution in [2.75, 3.05) is 13.2 Å². The molecule has 0 aliphatic carbocycles. The van der Waals surface area contributed by atoms with E-state index >= 15 is 0 Å². The fraction of sp³-hybridized carbons (Fsp3) is 0.848. The van der Waals surface area contributed by atoms with Gasteiger partial charge in [-0.05, 0) is 44.9 Å². The maximum atomic E-state index is 12.7. The van der Waals surface area contributed by atoms with E-state index in [4.69, 9.17) is 14.2 Å². The van der Waals surface area contributed by atoms with Crippen molar-refractivity contribution >= 4 is 17.9 Å². The highest BCUT2D eigenvalue weighted by Gasteiger charge is 2.19. The van der Waals surface area contributed by atoms with E-state index < -0.39 is 6.10 Å². The third-order valence-electron chi connectivity index (χ3n) is 9.72.